The Hall–Kier alpha value is -3.33. The third-order valence-corrected chi connectivity index (χ3v) is 7.10. The zero-order valence-electron chi connectivity index (χ0n) is 19.6. The summed E-state index contributed by atoms with van der Waals surface area (Å²) < 4.78 is 1.72. The van der Waals surface area contributed by atoms with Gasteiger partial charge in [0.2, 0.25) is 5.95 Å². The number of carbonyl (C=O) groups is 1. The zero-order chi connectivity index (χ0) is 23.8. The summed E-state index contributed by atoms with van der Waals surface area (Å²) in [5.41, 5.74) is 2.10. The van der Waals surface area contributed by atoms with E-state index >= 15 is 0 Å². The molecule has 0 radical (unpaired) electrons. The molecule has 0 amide bonds. The van der Waals surface area contributed by atoms with Gasteiger partial charge >= 0.3 is 0 Å². The fourth-order valence-corrected chi connectivity index (χ4v) is 5.38. The molecule has 1 aliphatic heterocycles. The first-order chi connectivity index (χ1) is 16.4. The fourth-order valence-electron chi connectivity index (χ4n) is 5.38. The summed E-state index contributed by atoms with van der Waals surface area (Å²) in [6.07, 6.45) is 9.65. The molecule has 2 aliphatic rings. The fraction of sp³-hybridized carbons (Fsp3) is 0.480. The van der Waals surface area contributed by atoms with Crippen LogP contribution in [0.15, 0.2) is 35.5 Å². The number of aryl methyl sites for hydroxylation is 1. The van der Waals surface area contributed by atoms with Gasteiger partial charge in [-0.05, 0) is 50.8 Å². The number of aliphatic hydroxyl groups excluding tert-OH is 1. The maximum atomic E-state index is 13.4. The lowest BCUT2D eigenvalue weighted by atomic mass is 10.0. The molecule has 1 aliphatic carbocycles. The molecule has 0 bridgehead atoms. The van der Waals surface area contributed by atoms with Crippen LogP contribution in [0.3, 0.4) is 0 Å². The van der Waals surface area contributed by atoms with Gasteiger partial charge in [-0.15, -0.1) is 0 Å². The van der Waals surface area contributed by atoms with E-state index in [1.807, 2.05) is 12.1 Å². The van der Waals surface area contributed by atoms with E-state index in [0.29, 0.717) is 36.5 Å². The number of anilines is 2. The van der Waals surface area contributed by atoms with Crippen molar-refractivity contribution in [2.75, 3.05) is 16.8 Å². The summed E-state index contributed by atoms with van der Waals surface area (Å²) in [7, 11) is 0. The van der Waals surface area contributed by atoms with Gasteiger partial charge in [0.1, 0.15) is 11.8 Å². The number of rotatable bonds is 5. The lowest BCUT2D eigenvalue weighted by Gasteiger charge is -2.39. The number of Topliss-reactive ketones (excluding diaryl/α,β-unsaturated/α-hetero) is 1. The van der Waals surface area contributed by atoms with E-state index in [1.165, 1.54) is 6.92 Å². The highest BCUT2D eigenvalue weighted by atomic mass is 16.3. The SMILES string of the molecule is CC(=O)c1c(C)c2cnc(NC3CC(O)CCN3c3cccnc3)nc2n(C2CCCC2)c1=O. The summed E-state index contributed by atoms with van der Waals surface area (Å²) in [5.74, 6) is 0.156. The maximum Gasteiger partial charge on any atom is 0.263 e. The molecule has 34 heavy (non-hydrogen) atoms. The predicted molar refractivity (Wildman–Crippen MR) is 130 cm³/mol. The third kappa shape index (κ3) is 4.04. The van der Waals surface area contributed by atoms with Crippen molar-refractivity contribution in [1.82, 2.24) is 19.5 Å². The molecule has 3 aromatic rings. The Bertz CT molecular complexity index is 1270. The van der Waals surface area contributed by atoms with Crippen LogP contribution in [0.2, 0.25) is 0 Å². The summed E-state index contributed by atoms with van der Waals surface area (Å²) in [6.45, 7) is 3.90. The Morgan fingerprint density at radius 3 is 2.71 bits per heavy atom. The lowest BCUT2D eigenvalue weighted by molar-refractivity contribution is 0.101. The molecular weight excluding hydrogens is 432 g/mol. The number of carbonyl (C=O) groups excluding carboxylic acids is 1. The Balaban J connectivity index is 1.58. The molecule has 1 saturated carbocycles. The number of hydrogen-bond acceptors (Lipinski definition) is 8. The quantitative estimate of drug-likeness (QED) is 0.556. The summed E-state index contributed by atoms with van der Waals surface area (Å²) in [6, 6.07) is 3.91. The molecule has 0 spiro atoms. The van der Waals surface area contributed by atoms with E-state index in [0.717, 1.165) is 36.8 Å². The van der Waals surface area contributed by atoms with Gasteiger partial charge in [-0.25, -0.2) is 4.98 Å². The zero-order valence-corrected chi connectivity index (χ0v) is 19.6. The van der Waals surface area contributed by atoms with Crippen molar-refractivity contribution in [3.05, 3.63) is 52.2 Å². The minimum absolute atomic E-state index is 0.0276. The number of ketones is 1. The highest BCUT2D eigenvalue weighted by molar-refractivity contribution is 5.99. The molecule has 5 rings (SSSR count). The van der Waals surface area contributed by atoms with Gasteiger partial charge in [0.15, 0.2) is 5.78 Å². The smallest absolute Gasteiger partial charge is 0.263 e. The number of nitrogens with one attached hydrogen (secondary N) is 1. The standard InChI is InChI=1S/C25H30N6O3/c1-15-20-14-27-25(28-21-12-19(33)9-11-30(21)18-8-5-10-26-13-18)29-23(20)31(17-6-3-4-7-17)24(34)22(15)16(2)32/h5,8,10,13-14,17,19,21,33H,3-4,6-7,9,11-12H2,1-2H3,(H,27,28,29). The number of piperidine rings is 1. The second-order valence-electron chi connectivity index (χ2n) is 9.34. The molecule has 2 fully saturated rings. The molecule has 1 saturated heterocycles. The number of aromatic nitrogens is 4. The van der Waals surface area contributed by atoms with Crippen LogP contribution < -0.4 is 15.8 Å². The first-order valence-corrected chi connectivity index (χ1v) is 12.0. The molecule has 2 unspecified atom stereocenters. The Labute approximate surface area is 197 Å². The number of nitrogens with zero attached hydrogens (tertiary/aromatic N) is 5. The van der Waals surface area contributed by atoms with Crippen LogP contribution in [0.1, 0.15) is 67.4 Å². The van der Waals surface area contributed by atoms with Crippen molar-refractivity contribution < 1.29 is 9.90 Å². The second kappa shape index (κ2) is 9.13. The van der Waals surface area contributed by atoms with Crippen LogP contribution in [0.25, 0.3) is 11.0 Å². The molecule has 2 atom stereocenters. The molecular formula is C25H30N6O3. The van der Waals surface area contributed by atoms with Crippen LogP contribution in [0, 0.1) is 6.92 Å². The van der Waals surface area contributed by atoms with E-state index in [9.17, 15) is 14.7 Å². The number of pyridine rings is 2. The third-order valence-electron chi connectivity index (χ3n) is 7.10. The summed E-state index contributed by atoms with van der Waals surface area (Å²) >= 11 is 0. The van der Waals surface area contributed by atoms with Gasteiger partial charge in [0.05, 0.1) is 23.6 Å². The molecule has 2 N–H and O–H groups in total. The maximum absolute atomic E-state index is 13.4. The van der Waals surface area contributed by atoms with Crippen molar-refractivity contribution in [2.24, 2.45) is 0 Å². The predicted octanol–water partition coefficient (Wildman–Crippen LogP) is 3.21. The van der Waals surface area contributed by atoms with Gasteiger partial charge in [-0.2, -0.15) is 4.98 Å². The van der Waals surface area contributed by atoms with E-state index in [4.69, 9.17) is 4.98 Å². The molecule has 3 aromatic heterocycles. The second-order valence-corrected chi connectivity index (χ2v) is 9.34. The molecule has 9 nitrogen and oxygen atoms in total. The van der Waals surface area contributed by atoms with Crippen LogP contribution in [-0.4, -0.2) is 49.2 Å². The van der Waals surface area contributed by atoms with Gasteiger partial charge in [-0.3, -0.25) is 19.1 Å². The van der Waals surface area contributed by atoms with Crippen LogP contribution >= 0.6 is 0 Å². The van der Waals surface area contributed by atoms with Crippen molar-refractivity contribution in [1.29, 1.82) is 0 Å². The Morgan fingerprint density at radius 2 is 2.00 bits per heavy atom. The minimum Gasteiger partial charge on any atom is -0.393 e. The number of aliphatic hydroxyl groups is 1. The van der Waals surface area contributed by atoms with Crippen LogP contribution in [-0.2, 0) is 0 Å². The van der Waals surface area contributed by atoms with Crippen molar-refractivity contribution in [3.63, 3.8) is 0 Å². The largest absolute Gasteiger partial charge is 0.393 e. The summed E-state index contributed by atoms with van der Waals surface area (Å²) in [4.78, 5) is 41.5. The van der Waals surface area contributed by atoms with Gasteiger partial charge < -0.3 is 15.3 Å². The number of hydrogen-bond donors (Lipinski definition) is 2. The van der Waals surface area contributed by atoms with Gasteiger partial charge in [0, 0.05) is 36.8 Å². The topological polar surface area (TPSA) is 113 Å². The highest BCUT2D eigenvalue weighted by Crippen LogP contribution is 2.32. The average Bonchev–Trinajstić information content (AvgIpc) is 3.34. The average molecular weight is 463 g/mol. The van der Waals surface area contributed by atoms with Crippen molar-refractivity contribution in [3.8, 4) is 0 Å². The first kappa shape index (κ1) is 22.5. The molecule has 0 aromatic carbocycles. The van der Waals surface area contributed by atoms with E-state index in [-0.39, 0.29) is 29.1 Å². The van der Waals surface area contributed by atoms with Gasteiger partial charge in [0.25, 0.3) is 5.56 Å². The molecule has 9 heteroatoms. The van der Waals surface area contributed by atoms with Crippen LogP contribution in [0.4, 0.5) is 11.6 Å². The summed E-state index contributed by atoms with van der Waals surface area (Å²) in [5, 5.41) is 14.4. The number of fused-ring (bicyclic) bond motifs is 1. The molecule has 4 heterocycles. The Kier molecular flexibility index (Phi) is 6.03. The first-order valence-electron chi connectivity index (χ1n) is 12.0. The van der Waals surface area contributed by atoms with E-state index in [1.54, 1.807) is 30.1 Å². The normalized spacial score (nSPS) is 21.2. The highest BCUT2D eigenvalue weighted by Gasteiger charge is 2.30. The van der Waals surface area contributed by atoms with E-state index in [2.05, 4.69) is 20.2 Å². The van der Waals surface area contributed by atoms with Crippen molar-refractivity contribution >= 4 is 28.5 Å². The Morgan fingerprint density at radius 1 is 1.21 bits per heavy atom. The lowest BCUT2D eigenvalue weighted by Crippen LogP contribution is -2.49. The van der Waals surface area contributed by atoms with Gasteiger partial charge in [-0.1, -0.05) is 12.8 Å². The van der Waals surface area contributed by atoms with Crippen molar-refractivity contribution in [2.45, 2.75) is 70.7 Å². The van der Waals surface area contributed by atoms with E-state index < -0.39 is 6.10 Å². The molecule has 178 valence electrons. The minimum atomic E-state index is -0.428. The monoisotopic (exact) mass is 462 g/mol. The van der Waals surface area contributed by atoms with Crippen LogP contribution in [0.5, 0.6) is 0 Å².